The molecule has 0 radical (unpaired) electrons. The molecular formula is C19H16ClNS. The number of para-hydroxylation sites is 1. The van der Waals surface area contributed by atoms with Gasteiger partial charge in [-0.3, -0.25) is 4.98 Å². The van der Waals surface area contributed by atoms with E-state index in [-0.39, 0.29) is 0 Å². The number of rotatable bonds is 3. The summed E-state index contributed by atoms with van der Waals surface area (Å²) in [6.45, 7) is 2.01. The fourth-order valence-corrected chi connectivity index (χ4v) is 3.24. The van der Waals surface area contributed by atoms with E-state index in [4.69, 9.17) is 11.6 Å². The third-order valence-corrected chi connectivity index (χ3v) is 4.22. The molecule has 0 saturated heterocycles. The monoisotopic (exact) mass is 325 g/mol. The molecule has 0 bridgehead atoms. The number of hydrogen-bond donors (Lipinski definition) is 1. The molecule has 22 heavy (non-hydrogen) atoms. The van der Waals surface area contributed by atoms with E-state index in [1.165, 1.54) is 5.56 Å². The molecule has 0 amide bonds. The Bertz CT molecular complexity index is 832. The van der Waals surface area contributed by atoms with E-state index in [0.717, 1.165) is 38.4 Å². The van der Waals surface area contributed by atoms with E-state index in [0.29, 0.717) is 0 Å². The van der Waals surface area contributed by atoms with Gasteiger partial charge in [-0.15, -0.1) is 12.6 Å². The van der Waals surface area contributed by atoms with E-state index >= 15 is 0 Å². The van der Waals surface area contributed by atoms with Crippen LogP contribution in [-0.2, 0) is 6.42 Å². The van der Waals surface area contributed by atoms with Gasteiger partial charge in [-0.2, -0.15) is 0 Å². The molecule has 1 heterocycles. The van der Waals surface area contributed by atoms with Gasteiger partial charge in [0.15, 0.2) is 0 Å². The number of allylic oxidation sites excluding steroid dienone is 1. The van der Waals surface area contributed by atoms with Crippen molar-refractivity contribution in [1.82, 2.24) is 4.98 Å². The molecule has 0 fully saturated rings. The molecule has 0 atom stereocenters. The first-order valence-electron chi connectivity index (χ1n) is 7.13. The number of thiol groups is 1. The lowest BCUT2D eigenvalue weighted by Gasteiger charge is -2.05. The van der Waals surface area contributed by atoms with Crippen LogP contribution in [0.15, 0.2) is 59.6 Å². The number of nitrogens with zero attached hydrogens (tertiary/aromatic N) is 1. The van der Waals surface area contributed by atoms with Gasteiger partial charge in [-0.05, 0) is 48.7 Å². The number of fused-ring (bicyclic) bond motifs is 1. The minimum atomic E-state index is 0.734. The molecule has 0 spiro atoms. The summed E-state index contributed by atoms with van der Waals surface area (Å²) in [7, 11) is 0. The Hall–Kier alpha value is -1.77. The average Bonchev–Trinajstić information content (AvgIpc) is 2.49. The molecule has 0 aliphatic heterocycles. The Morgan fingerprint density at radius 2 is 2.00 bits per heavy atom. The zero-order valence-electron chi connectivity index (χ0n) is 12.3. The number of benzene rings is 2. The molecule has 2 aromatic carbocycles. The SMILES string of the molecule is Cc1cc(S)c(C=CCc2cnc3ccccc3c2)c(Cl)c1. The third kappa shape index (κ3) is 3.34. The molecule has 0 saturated carbocycles. The van der Waals surface area contributed by atoms with Gasteiger partial charge in [0.1, 0.15) is 0 Å². The normalized spacial score (nSPS) is 11.4. The second-order valence-corrected chi connectivity index (χ2v) is 6.21. The molecule has 0 aliphatic rings. The summed E-state index contributed by atoms with van der Waals surface area (Å²) < 4.78 is 0. The largest absolute Gasteiger partial charge is 0.256 e. The maximum Gasteiger partial charge on any atom is 0.0702 e. The van der Waals surface area contributed by atoms with Crippen LogP contribution in [0.5, 0.6) is 0 Å². The van der Waals surface area contributed by atoms with Crippen molar-refractivity contribution in [2.45, 2.75) is 18.2 Å². The Morgan fingerprint density at radius 1 is 1.18 bits per heavy atom. The zero-order valence-corrected chi connectivity index (χ0v) is 13.9. The van der Waals surface area contributed by atoms with Crippen molar-refractivity contribution in [2.75, 3.05) is 0 Å². The Kier molecular flexibility index (Phi) is 4.51. The van der Waals surface area contributed by atoms with Crippen molar-refractivity contribution in [3.63, 3.8) is 0 Å². The van der Waals surface area contributed by atoms with Crippen LogP contribution in [0.4, 0.5) is 0 Å². The summed E-state index contributed by atoms with van der Waals surface area (Å²) in [6.07, 6.45) is 6.86. The highest BCUT2D eigenvalue weighted by Gasteiger charge is 2.02. The van der Waals surface area contributed by atoms with Gasteiger partial charge in [0.2, 0.25) is 0 Å². The molecule has 1 aromatic heterocycles. The topological polar surface area (TPSA) is 12.9 Å². The van der Waals surface area contributed by atoms with Crippen molar-refractivity contribution in [1.29, 1.82) is 0 Å². The molecule has 0 aliphatic carbocycles. The van der Waals surface area contributed by atoms with E-state index in [9.17, 15) is 0 Å². The van der Waals surface area contributed by atoms with Crippen LogP contribution in [-0.4, -0.2) is 4.98 Å². The number of halogens is 1. The van der Waals surface area contributed by atoms with Crippen molar-refractivity contribution in [2.24, 2.45) is 0 Å². The predicted molar refractivity (Wildman–Crippen MR) is 97.9 cm³/mol. The highest BCUT2D eigenvalue weighted by molar-refractivity contribution is 7.80. The van der Waals surface area contributed by atoms with Crippen molar-refractivity contribution < 1.29 is 0 Å². The van der Waals surface area contributed by atoms with Crippen LogP contribution >= 0.6 is 24.2 Å². The van der Waals surface area contributed by atoms with Crippen molar-refractivity contribution in [3.05, 3.63) is 76.5 Å². The number of pyridine rings is 1. The highest BCUT2D eigenvalue weighted by atomic mass is 35.5. The summed E-state index contributed by atoms with van der Waals surface area (Å²) in [6, 6.07) is 14.3. The standard InChI is InChI=1S/C19H16ClNS/c1-13-9-17(20)16(19(22)10-13)7-4-5-14-11-15-6-2-3-8-18(15)21-12-14/h2-4,6-12,22H,5H2,1H3. The third-order valence-electron chi connectivity index (χ3n) is 3.54. The second-order valence-electron chi connectivity index (χ2n) is 5.32. The predicted octanol–water partition coefficient (Wildman–Crippen LogP) is 5.74. The van der Waals surface area contributed by atoms with E-state index in [2.05, 4.69) is 35.8 Å². The number of hydrogen-bond acceptors (Lipinski definition) is 2. The lowest BCUT2D eigenvalue weighted by atomic mass is 10.1. The number of aromatic nitrogens is 1. The summed E-state index contributed by atoms with van der Waals surface area (Å²) in [5, 5.41) is 1.90. The molecule has 110 valence electrons. The first-order chi connectivity index (χ1) is 10.6. The Morgan fingerprint density at radius 3 is 2.82 bits per heavy atom. The van der Waals surface area contributed by atoms with Crippen molar-refractivity contribution >= 4 is 41.2 Å². The average molecular weight is 326 g/mol. The summed E-state index contributed by atoms with van der Waals surface area (Å²) >= 11 is 10.8. The van der Waals surface area contributed by atoms with Crippen LogP contribution in [0.2, 0.25) is 5.02 Å². The van der Waals surface area contributed by atoms with Gasteiger partial charge in [0.25, 0.3) is 0 Å². The van der Waals surface area contributed by atoms with E-state index in [1.54, 1.807) is 0 Å². The molecule has 3 rings (SSSR count). The summed E-state index contributed by atoms with van der Waals surface area (Å²) in [5.74, 6) is 0. The Labute approximate surface area is 141 Å². The molecule has 0 unspecified atom stereocenters. The smallest absolute Gasteiger partial charge is 0.0702 e. The fraction of sp³-hybridized carbons (Fsp3) is 0.105. The molecule has 0 N–H and O–H groups in total. The first kappa shape index (κ1) is 15.1. The fourth-order valence-electron chi connectivity index (χ4n) is 2.44. The van der Waals surface area contributed by atoms with E-state index in [1.807, 2.05) is 49.5 Å². The minimum Gasteiger partial charge on any atom is -0.256 e. The van der Waals surface area contributed by atoms with Gasteiger partial charge in [-0.1, -0.05) is 42.0 Å². The van der Waals surface area contributed by atoms with Crippen LogP contribution in [0, 0.1) is 6.92 Å². The zero-order chi connectivity index (χ0) is 15.5. The lowest BCUT2D eigenvalue weighted by Crippen LogP contribution is -1.86. The lowest BCUT2D eigenvalue weighted by molar-refractivity contribution is 1.23. The van der Waals surface area contributed by atoms with Gasteiger partial charge in [0.05, 0.1) is 5.52 Å². The van der Waals surface area contributed by atoms with Crippen LogP contribution in [0.3, 0.4) is 0 Å². The van der Waals surface area contributed by atoms with Gasteiger partial charge < -0.3 is 0 Å². The maximum atomic E-state index is 6.28. The Balaban J connectivity index is 1.81. The van der Waals surface area contributed by atoms with Gasteiger partial charge >= 0.3 is 0 Å². The summed E-state index contributed by atoms with van der Waals surface area (Å²) in [5.41, 5.74) is 4.28. The second kappa shape index (κ2) is 6.55. The number of aryl methyl sites for hydroxylation is 1. The first-order valence-corrected chi connectivity index (χ1v) is 7.95. The van der Waals surface area contributed by atoms with Gasteiger partial charge in [0, 0.05) is 27.1 Å². The molecular weight excluding hydrogens is 310 g/mol. The molecule has 3 aromatic rings. The van der Waals surface area contributed by atoms with Crippen molar-refractivity contribution in [3.8, 4) is 0 Å². The summed E-state index contributed by atoms with van der Waals surface area (Å²) in [4.78, 5) is 5.38. The molecule has 3 heteroatoms. The minimum absolute atomic E-state index is 0.734. The van der Waals surface area contributed by atoms with Crippen LogP contribution < -0.4 is 0 Å². The molecule has 1 nitrogen and oxygen atoms in total. The van der Waals surface area contributed by atoms with Crippen LogP contribution in [0.1, 0.15) is 16.7 Å². The van der Waals surface area contributed by atoms with Crippen LogP contribution in [0.25, 0.3) is 17.0 Å². The highest BCUT2D eigenvalue weighted by Crippen LogP contribution is 2.26. The van der Waals surface area contributed by atoms with E-state index < -0.39 is 0 Å². The quantitative estimate of drug-likeness (QED) is 0.606. The van der Waals surface area contributed by atoms with Gasteiger partial charge in [-0.25, -0.2) is 0 Å². The maximum absolute atomic E-state index is 6.28.